The molecule has 2 heterocycles. The standard InChI is InChI=1S/2C27H25N3O2.Cr/c2*1-19(2)21-15-12-20(13-16-21)14-17-24-23(18-28-25-10-6-7-11-26(25)31)27(32)30(29-24)22-8-4-3-5-9-22;/h2*3-19,31-32H,1-2H3;/b2*17-14+,28-18?;. The van der Waals surface area contributed by atoms with Gasteiger partial charge in [0.15, 0.2) is 0 Å². The maximum atomic E-state index is 10.9. The Morgan fingerprint density at radius 1 is 0.431 bits per heavy atom. The van der Waals surface area contributed by atoms with Crippen molar-refractivity contribution >= 4 is 48.1 Å². The first-order chi connectivity index (χ1) is 31.0. The Morgan fingerprint density at radius 3 is 1.11 bits per heavy atom. The van der Waals surface area contributed by atoms with Crippen LogP contribution in [0.15, 0.2) is 168 Å². The number of hydrogen-bond donors (Lipinski definition) is 4. The van der Waals surface area contributed by atoms with Crippen LogP contribution in [0.5, 0.6) is 23.3 Å². The number of phenolic OH excluding ortho intramolecular Hbond substituents is 2. The van der Waals surface area contributed by atoms with Gasteiger partial charge in [-0.2, -0.15) is 10.2 Å². The van der Waals surface area contributed by atoms with E-state index in [4.69, 9.17) is 0 Å². The minimum absolute atomic E-state index is 0. The van der Waals surface area contributed by atoms with E-state index in [2.05, 4.69) is 96.4 Å². The molecule has 0 atom stereocenters. The van der Waals surface area contributed by atoms with Gasteiger partial charge < -0.3 is 20.4 Å². The normalized spacial score (nSPS) is 11.5. The molecule has 0 fully saturated rings. The van der Waals surface area contributed by atoms with Crippen molar-refractivity contribution in [3.8, 4) is 34.6 Å². The Bertz CT molecular complexity index is 2720. The van der Waals surface area contributed by atoms with Crippen molar-refractivity contribution in [3.63, 3.8) is 0 Å². The average Bonchev–Trinajstić information content (AvgIpc) is 3.81. The molecule has 0 aliphatic carbocycles. The molecule has 0 amide bonds. The zero-order valence-corrected chi connectivity index (χ0v) is 37.8. The summed E-state index contributed by atoms with van der Waals surface area (Å²) in [5.41, 5.74) is 9.01. The number of para-hydroxylation sites is 6. The molecular weight excluding hydrogens is 849 g/mol. The second kappa shape index (κ2) is 22.1. The van der Waals surface area contributed by atoms with Gasteiger partial charge in [0.05, 0.1) is 33.9 Å². The van der Waals surface area contributed by atoms with Gasteiger partial charge in [0.25, 0.3) is 0 Å². The predicted octanol–water partition coefficient (Wildman–Crippen LogP) is 12.7. The van der Waals surface area contributed by atoms with Crippen molar-refractivity contribution in [2.45, 2.75) is 39.5 Å². The molecule has 0 aliphatic heterocycles. The quantitative estimate of drug-likeness (QED) is 0.0900. The number of aromatic hydroxyl groups is 4. The van der Waals surface area contributed by atoms with E-state index in [0.29, 0.717) is 45.7 Å². The van der Waals surface area contributed by atoms with Crippen LogP contribution in [0, 0.1) is 0 Å². The van der Waals surface area contributed by atoms with Crippen LogP contribution in [0.1, 0.15) is 84.3 Å². The van der Waals surface area contributed by atoms with Gasteiger partial charge in [0.1, 0.15) is 22.9 Å². The molecule has 326 valence electrons. The summed E-state index contributed by atoms with van der Waals surface area (Å²) in [6.45, 7) is 8.67. The SMILES string of the molecule is CC(C)c1ccc(/C=C/c2nn(-c3ccccc3)c(O)c2C=Nc2ccccc2O)cc1.CC(C)c1ccc(/C=C/c2nn(-c3ccccc3)c(O)c2C=Nc2ccccc2O)cc1.[Cr]. The maximum Gasteiger partial charge on any atom is 0.223 e. The number of aliphatic imine (C=N–C) groups is 2. The van der Waals surface area contributed by atoms with E-state index in [1.807, 2.05) is 85.0 Å². The summed E-state index contributed by atoms with van der Waals surface area (Å²) in [4.78, 5) is 8.74. The number of rotatable bonds is 12. The van der Waals surface area contributed by atoms with E-state index < -0.39 is 0 Å². The molecule has 0 radical (unpaired) electrons. The fourth-order valence-corrected chi connectivity index (χ4v) is 6.62. The van der Waals surface area contributed by atoms with Crippen molar-refractivity contribution in [2.24, 2.45) is 9.98 Å². The molecule has 8 rings (SSSR count). The van der Waals surface area contributed by atoms with Crippen molar-refractivity contribution in [2.75, 3.05) is 0 Å². The van der Waals surface area contributed by atoms with E-state index in [-0.39, 0.29) is 40.6 Å². The van der Waals surface area contributed by atoms with Gasteiger partial charge in [0, 0.05) is 29.8 Å². The van der Waals surface area contributed by atoms with Crippen molar-refractivity contribution in [3.05, 3.63) is 202 Å². The summed E-state index contributed by atoms with van der Waals surface area (Å²) >= 11 is 0. The molecule has 11 heteroatoms. The summed E-state index contributed by atoms with van der Waals surface area (Å²) in [5.74, 6) is 1.05. The van der Waals surface area contributed by atoms with Crippen LogP contribution >= 0.6 is 0 Å². The minimum atomic E-state index is -0.0230. The third-order valence-corrected chi connectivity index (χ3v) is 10.4. The fourth-order valence-electron chi connectivity index (χ4n) is 6.62. The van der Waals surface area contributed by atoms with Gasteiger partial charge in [-0.05, 0) is 94.8 Å². The topological polar surface area (TPSA) is 141 Å². The summed E-state index contributed by atoms with van der Waals surface area (Å²) in [5, 5.41) is 51.1. The molecule has 8 aromatic rings. The molecule has 2 aromatic heterocycles. The number of hydrogen-bond acceptors (Lipinski definition) is 8. The number of benzene rings is 6. The van der Waals surface area contributed by atoms with Crippen LogP contribution in [-0.4, -0.2) is 52.4 Å². The first kappa shape index (κ1) is 46.8. The van der Waals surface area contributed by atoms with Gasteiger partial charge in [-0.3, -0.25) is 9.98 Å². The number of aromatic nitrogens is 4. The molecule has 0 unspecified atom stereocenters. The second-order valence-electron chi connectivity index (χ2n) is 15.5. The summed E-state index contributed by atoms with van der Waals surface area (Å²) in [6.07, 6.45) is 10.7. The van der Waals surface area contributed by atoms with Gasteiger partial charge in [0.2, 0.25) is 11.8 Å². The molecule has 65 heavy (non-hydrogen) atoms. The first-order valence-corrected chi connectivity index (χ1v) is 21.0. The Balaban J connectivity index is 0.000000212. The molecule has 4 N–H and O–H groups in total. The molecule has 0 saturated heterocycles. The molecule has 0 bridgehead atoms. The largest absolute Gasteiger partial charge is 0.506 e. The molecule has 0 saturated carbocycles. The third kappa shape index (κ3) is 11.9. The van der Waals surface area contributed by atoms with Crippen LogP contribution in [0.2, 0.25) is 0 Å². The smallest absolute Gasteiger partial charge is 0.223 e. The predicted molar refractivity (Wildman–Crippen MR) is 260 cm³/mol. The Kier molecular flexibility index (Phi) is 15.9. The molecule has 0 spiro atoms. The van der Waals surface area contributed by atoms with E-state index in [1.54, 1.807) is 48.5 Å². The van der Waals surface area contributed by atoms with Crippen molar-refractivity contribution < 1.29 is 37.8 Å². The van der Waals surface area contributed by atoms with Crippen molar-refractivity contribution in [1.82, 2.24) is 19.6 Å². The molecule has 10 nitrogen and oxygen atoms in total. The summed E-state index contributed by atoms with van der Waals surface area (Å²) in [6, 6.07) is 49.2. The monoisotopic (exact) mass is 898 g/mol. The van der Waals surface area contributed by atoms with Crippen LogP contribution < -0.4 is 0 Å². The first-order valence-electron chi connectivity index (χ1n) is 21.0. The van der Waals surface area contributed by atoms with Gasteiger partial charge >= 0.3 is 0 Å². The molecule has 6 aromatic carbocycles. The summed E-state index contributed by atoms with van der Waals surface area (Å²) < 4.78 is 2.96. The molecule has 0 aliphatic rings. The van der Waals surface area contributed by atoms with Gasteiger partial charge in [-0.15, -0.1) is 0 Å². The van der Waals surface area contributed by atoms with Crippen LogP contribution in [0.4, 0.5) is 11.4 Å². The Hall–Kier alpha value is -7.71. The van der Waals surface area contributed by atoms with Crippen LogP contribution in [0.25, 0.3) is 35.7 Å². The Labute approximate surface area is 390 Å². The van der Waals surface area contributed by atoms with Crippen LogP contribution in [0.3, 0.4) is 0 Å². The van der Waals surface area contributed by atoms with Gasteiger partial charge in [-0.25, -0.2) is 9.36 Å². The van der Waals surface area contributed by atoms with E-state index in [9.17, 15) is 20.4 Å². The van der Waals surface area contributed by atoms with Crippen LogP contribution in [-0.2, 0) is 17.4 Å². The van der Waals surface area contributed by atoms with Crippen molar-refractivity contribution in [1.29, 1.82) is 0 Å². The van der Waals surface area contributed by atoms with E-state index >= 15 is 0 Å². The average molecular weight is 899 g/mol. The second-order valence-corrected chi connectivity index (χ2v) is 15.5. The van der Waals surface area contributed by atoms with E-state index in [0.717, 1.165) is 22.5 Å². The zero-order valence-electron chi connectivity index (χ0n) is 36.5. The summed E-state index contributed by atoms with van der Waals surface area (Å²) in [7, 11) is 0. The Morgan fingerprint density at radius 2 is 0.769 bits per heavy atom. The molecular formula is C54H50CrN6O4. The third-order valence-electron chi connectivity index (χ3n) is 10.4. The van der Waals surface area contributed by atoms with Gasteiger partial charge in [-0.1, -0.05) is 149 Å². The fraction of sp³-hybridized carbons (Fsp3) is 0.111. The number of phenols is 2. The maximum absolute atomic E-state index is 10.9. The zero-order chi connectivity index (χ0) is 45.0. The number of nitrogens with zero attached hydrogens (tertiary/aromatic N) is 6. The van der Waals surface area contributed by atoms with E-state index in [1.165, 1.54) is 32.9 Å². The minimum Gasteiger partial charge on any atom is -0.506 e.